The van der Waals surface area contributed by atoms with Crippen LogP contribution in [0.15, 0.2) is 6.07 Å². The van der Waals surface area contributed by atoms with Crippen LogP contribution in [0.2, 0.25) is 0 Å². The number of nitrogens with zero attached hydrogens (tertiary/aromatic N) is 3. The maximum absolute atomic E-state index is 12.2. The summed E-state index contributed by atoms with van der Waals surface area (Å²) in [5, 5.41) is 7.88. The Balaban J connectivity index is 2.23. The maximum atomic E-state index is 12.2. The van der Waals surface area contributed by atoms with Crippen molar-refractivity contribution in [2.45, 2.75) is 26.3 Å². The predicted octanol–water partition coefficient (Wildman–Crippen LogP) is 0.267. The molecule has 1 saturated heterocycles. The minimum atomic E-state index is 0.0171. The van der Waals surface area contributed by atoms with Crippen LogP contribution in [0.25, 0.3) is 0 Å². The average molecular weight is 220 g/mol. The molecule has 1 atom stereocenters. The van der Waals surface area contributed by atoms with Crippen LogP contribution in [0.4, 0.5) is 0 Å². The predicted molar refractivity (Wildman–Crippen MR) is 60.0 cm³/mol. The number of nitrogens with two attached hydrogens (primary N) is 1. The van der Waals surface area contributed by atoms with Gasteiger partial charge < -0.3 is 10.6 Å². The molecule has 1 unspecified atom stereocenters. The molecule has 0 saturated carbocycles. The van der Waals surface area contributed by atoms with Crippen molar-refractivity contribution in [3.63, 3.8) is 0 Å². The lowest BCUT2D eigenvalue weighted by molar-refractivity contribution is 0.0789. The van der Waals surface area contributed by atoms with Gasteiger partial charge >= 0.3 is 0 Å². The van der Waals surface area contributed by atoms with Gasteiger partial charge in [0.15, 0.2) is 0 Å². The molecule has 0 bridgehead atoms. The van der Waals surface area contributed by atoms with Crippen molar-refractivity contribution in [1.82, 2.24) is 15.1 Å². The fraction of sp³-hybridized carbons (Fsp3) is 0.545. The fourth-order valence-corrected chi connectivity index (χ4v) is 1.91. The number of hydrogen-bond donors (Lipinski definition) is 1. The van der Waals surface area contributed by atoms with Gasteiger partial charge in [0.05, 0.1) is 17.0 Å². The highest BCUT2D eigenvalue weighted by molar-refractivity contribution is 5.95. The van der Waals surface area contributed by atoms with E-state index in [4.69, 9.17) is 5.73 Å². The minimum Gasteiger partial charge on any atom is -0.337 e. The number of carbonyl (C=O) groups excluding carboxylic acids is 1. The first-order chi connectivity index (χ1) is 7.58. The van der Waals surface area contributed by atoms with Gasteiger partial charge in [-0.2, -0.15) is 10.2 Å². The Morgan fingerprint density at radius 2 is 2.25 bits per heavy atom. The van der Waals surface area contributed by atoms with Gasteiger partial charge in [0.1, 0.15) is 0 Å². The topological polar surface area (TPSA) is 72.1 Å². The number of rotatable bonds is 1. The molecule has 0 spiro atoms. The summed E-state index contributed by atoms with van der Waals surface area (Å²) in [5.41, 5.74) is 7.87. The molecule has 2 N–H and O–H groups in total. The fourth-order valence-electron chi connectivity index (χ4n) is 1.91. The second kappa shape index (κ2) is 4.17. The number of carbonyl (C=O) groups is 1. The van der Waals surface area contributed by atoms with Gasteiger partial charge in [-0.3, -0.25) is 4.79 Å². The van der Waals surface area contributed by atoms with E-state index in [1.165, 1.54) is 0 Å². The Labute approximate surface area is 94.6 Å². The summed E-state index contributed by atoms with van der Waals surface area (Å²) in [7, 11) is 0. The molecule has 1 aromatic heterocycles. The Bertz CT molecular complexity index is 418. The van der Waals surface area contributed by atoms with Crippen molar-refractivity contribution in [3.05, 3.63) is 23.0 Å². The standard InChI is InChI=1S/C11H16N4O/c1-7-5-10(8(2)14-13-7)11(16)15-4-3-9(12)6-15/h5,9H,3-4,6,12H2,1-2H3. The Kier molecular flexibility index (Phi) is 2.87. The molecule has 0 radical (unpaired) electrons. The normalized spacial score (nSPS) is 20.2. The van der Waals surface area contributed by atoms with Crippen LogP contribution in [0, 0.1) is 13.8 Å². The third kappa shape index (κ3) is 2.04. The van der Waals surface area contributed by atoms with Crippen LogP contribution in [0.3, 0.4) is 0 Å². The third-order valence-electron chi connectivity index (χ3n) is 2.84. The highest BCUT2D eigenvalue weighted by Crippen LogP contribution is 2.14. The van der Waals surface area contributed by atoms with Crippen LogP contribution in [-0.4, -0.2) is 40.1 Å². The average Bonchev–Trinajstić information content (AvgIpc) is 2.67. The number of aryl methyl sites for hydroxylation is 2. The van der Waals surface area contributed by atoms with Gasteiger partial charge in [0.25, 0.3) is 5.91 Å². The van der Waals surface area contributed by atoms with Crippen molar-refractivity contribution in [3.8, 4) is 0 Å². The molecular formula is C11H16N4O. The highest BCUT2D eigenvalue weighted by atomic mass is 16.2. The summed E-state index contributed by atoms with van der Waals surface area (Å²) in [6, 6.07) is 1.90. The summed E-state index contributed by atoms with van der Waals surface area (Å²) in [6.07, 6.45) is 0.877. The van der Waals surface area contributed by atoms with Crippen molar-refractivity contribution in [1.29, 1.82) is 0 Å². The van der Waals surface area contributed by atoms with E-state index in [2.05, 4.69) is 10.2 Å². The SMILES string of the molecule is Cc1cc(C(=O)N2CCC(N)C2)c(C)nn1. The van der Waals surface area contributed by atoms with Gasteiger partial charge in [-0.25, -0.2) is 0 Å². The number of amides is 1. The quantitative estimate of drug-likeness (QED) is 0.737. The number of hydrogen-bond acceptors (Lipinski definition) is 4. The van der Waals surface area contributed by atoms with Crippen LogP contribution in [-0.2, 0) is 0 Å². The molecule has 5 nitrogen and oxygen atoms in total. The van der Waals surface area contributed by atoms with Crippen molar-refractivity contribution < 1.29 is 4.79 Å². The first-order valence-electron chi connectivity index (χ1n) is 5.43. The zero-order valence-corrected chi connectivity index (χ0v) is 9.60. The van der Waals surface area contributed by atoms with Crippen molar-refractivity contribution in [2.75, 3.05) is 13.1 Å². The molecule has 1 aliphatic rings. The number of likely N-dealkylation sites (tertiary alicyclic amines) is 1. The first-order valence-corrected chi connectivity index (χ1v) is 5.43. The molecule has 0 aliphatic carbocycles. The first kappa shape index (κ1) is 11.0. The molecule has 1 amide bonds. The Hall–Kier alpha value is -1.49. The minimum absolute atomic E-state index is 0.0171. The number of aromatic nitrogens is 2. The van der Waals surface area contributed by atoms with Crippen LogP contribution in [0.5, 0.6) is 0 Å². The molecule has 1 aliphatic heterocycles. The van der Waals surface area contributed by atoms with E-state index < -0.39 is 0 Å². The van der Waals surface area contributed by atoms with E-state index >= 15 is 0 Å². The summed E-state index contributed by atoms with van der Waals surface area (Å²) in [6.45, 7) is 5.01. The highest BCUT2D eigenvalue weighted by Gasteiger charge is 2.25. The maximum Gasteiger partial charge on any atom is 0.255 e. The van der Waals surface area contributed by atoms with E-state index in [-0.39, 0.29) is 11.9 Å². The summed E-state index contributed by atoms with van der Waals surface area (Å²) in [4.78, 5) is 14.0. The van der Waals surface area contributed by atoms with E-state index in [0.29, 0.717) is 17.8 Å². The van der Waals surface area contributed by atoms with Gasteiger partial charge in [-0.1, -0.05) is 0 Å². The van der Waals surface area contributed by atoms with Gasteiger partial charge in [0, 0.05) is 19.1 Å². The monoisotopic (exact) mass is 220 g/mol. The van der Waals surface area contributed by atoms with E-state index in [0.717, 1.165) is 18.7 Å². The molecule has 2 rings (SSSR count). The summed E-state index contributed by atoms with van der Waals surface area (Å²) >= 11 is 0. The van der Waals surface area contributed by atoms with Gasteiger partial charge in [-0.05, 0) is 26.3 Å². The lowest BCUT2D eigenvalue weighted by Crippen LogP contribution is -2.32. The smallest absolute Gasteiger partial charge is 0.255 e. The van der Waals surface area contributed by atoms with E-state index in [1.807, 2.05) is 6.92 Å². The van der Waals surface area contributed by atoms with Crippen LogP contribution in [0.1, 0.15) is 28.2 Å². The molecule has 0 aromatic carbocycles. The molecule has 86 valence electrons. The second-order valence-corrected chi connectivity index (χ2v) is 4.28. The summed E-state index contributed by atoms with van der Waals surface area (Å²) in [5.74, 6) is 0.0171. The van der Waals surface area contributed by atoms with E-state index in [1.54, 1.807) is 17.9 Å². The van der Waals surface area contributed by atoms with Crippen molar-refractivity contribution in [2.24, 2.45) is 5.73 Å². The van der Waals surface area contributed by atoms with Gasteiger partial charge in [0.2, 0.25) is 0 Å². The molecule has 2 heterocycles. The van der Waals surface area contributed by atoms with Crippen LogP contribution < -0.4 is 5.73 Å². The lowest BCUT2D eigenvalue weighted by Gasteiger charge is -2.16. The van der Waals surface area contributed by atoms with Crippen molar-refractivity contribution >= 4 is 5.91 Å². The molecule has 5 heteroatoms. The van der Waals surface area contributed by atoms with E-state index in [9.17, 15) is 4.79 Å². The lowest BCUT2D eigenvalue weighted by atomic mass is 10.2. The molecule has 1 fully saturated rings. The largest absolute Gasteiger partial charge is 0.337 e. The zero-order valence-electron chi connectivity index (χ0n) is 9.60. The molecule has 16 heavy (non-hydrogen) atoms. The van der Waals surface area contributed by atoms with Crippen LogP contribution >= 0.6 is 0 Å². The molecule has 1 aromatic rings. The Morgan fingerprint density at radius 3 is 2.88 bits per heavy atom. The summed E-state index contributed by atoms with van der Waals surface area (Å²) < 4.78 is 0. The Morgan fingerprint density at radius 1 is 1.50 bits per heavy atom. The zero-order chi connectivity index (χ0) is 11.7. The third-order valence-corrected chi connectivity index (χ3v) is 2.84. The van der Waals surface area contributed by atoms with Gasteiger partial charge in [-0.15, -0.1) is 0 Å². The molecular weight excluding hydrogens is 204 g/mol. The second-order valence-electron chi connectivity index (χ2n) is 4.28.